The van der Waals surface area contributed by atoms with Crippen LogP contribution in [0.5, 0.6) is 0 Å². The Kier molecular flexibility index (Phi) is 4.21. The van der Waals surface area contributed by atoms with Crippen LogP contribution in [0.1, 0.15) is 29.0 Å². The van der Waals surface area contributed by atoms with E-state index in [1.807, 2.05) is 12.1 Å². The maximum Gasteiger partial charge on any atom is 0.0931 e. The minimum Gasteiger partial charge on any atom is -0.323 e. The van der Waals surface area contributed by atoms with Gasteiger partial charge < -0.3 is 5.73 Å². The fraction of sp³-hybridized carbons (Fsp3) is 0.286. The van der Waals surface area contributed by atoms with Crippen molar-refractivity contribution in [1.29, 1.82) is 0 Å². The van der Waals surface area contributed by atoms with E-state index >= 15 is 0 Å². The molecule has 2 rings (SSSR count). The van der Waals surface area contributed by atoms with Crippen LogP contribution >= 0.6 is 22.9 Å². The minimum absolute atomic E-state index is 0.0416. The van der Waals surface area contributed by atoms with Gasteiger partial charge in [0.25, 0.3) is 0 Å². The molecular weight excluding hydrogens is 250 g/mol. The first-order valence-electron chi connectivity index (χ1n) is 5.77. The van der Waals surface area contributed by atoms with E-state index in [4.69, 9.17) is 17.3 Å². The second kappa shape index (κ2) is 5.67. The zero-order chi connectivity index (χ0) is 12.3. The van der Waals surface area contributed by atoms with Crippen LogP contribution in [0.4, 0.5) is 0 Å². The molecule has 0 amide bonds. The van der Waals surface area contributed by atoms with Crippen LogP contribution in [0.25, 0.3) is 0 Å². The van der Waals surface area contributed by atoms with Crippen LogP contribution in [0.3, 0.4) is 0 Å². The van der Waals surface area contributed by atoms with Gasteiger partial charge in [0.1, 0.15) is 0 Å². The van der Waals surface area contributed by atoms with Crippen molar-refractivity contribution in [2.24, 2.45) is 5.73 Å². The molecular formula is C14H16ClNS. The normalized spacial score (nSPS) is 12.6. The summed E-state index contributed by atoms with van der Waals surface area (Å²) >= 11 is 7.47. The molecule has 0 saturated heterocycles. The molecule has 0 aliphatic rings. The molecule has 1 atom stereocenters. The highest BCUT2D eigenvalue weighted by Crippen LogP contribution is 2.27. The summed E-state index contributed by atoms with van der Waals surface area (Å²) in [6.45, 7) is 2.16. The zero-order valence-corrected chi connectivity index (χ0v) is 11.4. The molecule has 3 heteroatoms. The Hall–Kier alpha value is -0.830. The number of halogens is 1. The van der Waals surface area contributed by atoms with Gasteiger partial charge in [-0.3, -0.25) is 0 Å². The van der Waals surface area contributed by atoms with Gasteiger partial charge >= 0.3 is 0 Å². The highest BCUT2D eigenvalue weighted by molar-refractivity contribution is 7.16. The molecule has 0 fully saturated rings. The summed E-state index contributed by atoms with van der Waals surface area (Å²) in [6.07, 6.45) is 1.94. The average Bonchev–Trinajstić information content (AvgIpc) is 2.77. The van der Waals surface area contributed by atoms with Crippen LogP contribution in [0, 0.1) is 0 Å². The highest BCUT2D eigenvalue weighted by atomic mass is 35.5. The summed E-state index contributed by atoms with van der Waals surface area (Å²) in [5.41, 5.74) is 8.80. The summed E-state index contributed by atoms with van der Waals surface area (Å²) in [4.78, 5) is 1.15. The first-order chi connectivity index (χ1) is 8.19. The molecule has 1 aromatic heterocycles. The Bertz CT molecular complexity index is 475. The molecule has 0 aliphatic heterocycles. The summed E-state index contributed by atoms with van der Waals surface area (Å²) < 4.78 is 0.803. The van der Waals surface area contributed by atoms with Crippen molar-refractivity contribution >= 4 is 22.9 Å². The van der Waals surface area contributed by atoms with Crippen molar-refractivity contribution < 1.29 is 0 Å². The van der Waals surface area contributed by atoms with Crippen molar-refractivity contribution in [1.82, 2.24) is 0 Å². The number of hydrogen-bond acceptors (Lipinski definition) is 2. The molecule has 90 valence electrons. The number of aryl methyl sites for hydroxylation is 1. The first-order valence-corrected chi connectivity index (χ1v) is 6.97. The van der Waals surface area contributed by atoms with E-state index in [1.54, 1.807) is 11.3 Å². The molecule has 1 nitrogen and oxygen atoms in total. The zero-order valence-electron chi connectivity index (χ0n) is 9.82. The van der Waals surface area contributed by atoms with Gasteiger partial charge in [0, 0.05) is 10.9 Å². The van der Waals surface area contributed by atoms with Gasteiger partial charge in [-0.1, -0.05) is 42.8 Å². The predicted molar refractivity (Wildman–Crippen MR) is 75.8 cm³/mol. The highest BCUT2D eigenvalue weighted by Gasteiger charge is 2.09. The topological polar surface area (TPSA) is 26.0 Å². The van der Waals surface area contributed by atoms with Gasteiger partial charge in [0.05, 0.1) is 4.34 Å². The van der Waals surface area contributed by atoms with Gasteiger partial charge in [0.15, 0.2) is 0 Å². The fourth-order valence-corrected chi connectivity index (χ4v) is 2.86. The lowest BCUT2D eigenvalue weighted by Gasteiger charge is -2.09. The van der Waals surface area contributed by atoms with Gasteiger partial charge in [-0.2, -0.15) is 0 Å². The third kappa shape index (κ3) is 3.32. The Morgan fingerprint density at radius 2 is 1.76 bits per heavy atom. The van der Waals surface area contributed by atoms with Crippen molar-refractivity contribution in [2.45, 2.75) is 25.8 Å². The third-order valence-electron chi connectivity index (χ3n) is 2.85. The monoisotopic (exact) mass is 265 g/mol. The van der Waals surface area contributed by atoms with E-state index in [-0.39, 0.29) is 6.04 Å². The molecule has 0 radical (unpaired) electrons. The number of hydrogen-bond donors (Lipinski definition) is 1. The molecule has 1 heterocycles. The van der Waals surface area contributed by atoms with Crippen LogP contribution in [0.2, 0.25) is 4.34 Å². The maximum absolute atomic E-state index is 6.16. The lowest BCUT2D eigenvalue weighted by Crippen LogP contribution is -2.11. The fourth-order valence-electron chi connectivity index (χ4n) is 1.79. The van der Waals surface area contributed by atoms with Crippen molar-refractivity contribution in [3.63, 3.8) is 0 Å². The number of thiophene rings is 1. The van der Waals surface area contributed by atoms with E-state index in [0.717, 1.165) is 22.1 Å². The standard InChI is InChI=1S/C14H16ClNS/c1-2-10-3-5-11(6-4-10)9-12(16)13-7-8-14(15)17-13/h3-8,12H,2,9,16H2,1H3. The van der Waals surface area contributed by atoms with Gasteiger partial charge in [-0.25, -0.2) is 0 Å². The van der Waals surface area contributed by atoms with Crippen LogP contribution in [-0.2, 0) is 12.8 Å². The summed E-state index contributed by atoms with van der Waals surface area (Å²) in [5, 5.41) is 0. The molecule has 2 aromatic rings. The summed E-state index contributed by atoms with van der Waals surface area (Å²) in [7, 11) is 0. The number of rotatable bonds is 4. The van der Waals surface area contributed by atoms with E-state index < -0.39 is 0 Å². The SMILES string of the molecule is CCc1ccc(CC(N)c2ccc(Cl)s2)cc1. The lowest BCUT2D eigenvalue weighted by atomic mass is 10.0. The lowest BCUT2D eigenvalue weighted by molar-refractivity contribution is 0.736. The Morgan fingerprint density at radius 1 is 1.12 bits per heavy atom. The van der Waals surface area contributed by atoms with Crippen LogP contribution in [-0.4, -0.2) is 0 Å². The third-order valence-corrected chi connectivity index (χ3v) is 4.21. The summed E-state index contributed by atoms with van der Waals surface area (Å²) in [5.74, 6) is 0. The predicted octanol–water partition coefficient (Wildman–Crippen LogP) is 4.21. The Labute approximate surface area is 111 Å². The largest absolute Gasteiger partial charge is 0.323 e. The Balaban J connectivity index is 2.04. The van der Waals surface area contributed by atoms with Crippen LogP contribution in [0.15, 0.2) is 36.4 Å². The second-order valence-corrected chi connectivity index (χ2v) is 5.87. The summed E-state index contributed by atoms with van der Waals surface area (Å²) in [6, 6.07) is 12.6. The molecule has 0 saturated carbocycles. The van der Waals surface area contributed by atoms with Crippen molar-refractivity contribution in [2.75, 3.05) is 0 Å². The minimum atomic E-state index is 0.0416. The van der Waals surface area contributed by atoms with E-state index in [9.17, 15) is 0 Å². The van der Waals surface area contributed by atoms with E-state index in [1.165, 1.54) is 11.1 Å². The second-order valence-electron chi connectivity index (χ2n) is 4.12. The Morgan fingerprint density at radius 3 is 2.29 bits per heavy atom. The average molecular weight is 266 g/mol. The molecule has 0 spiro atoms. The molecule has 0 aliphatic carbocycles. The molecule has 2 N–H and O–H groups in total. The smallest absolute Gasteiger partial charge is 0.0931 e. The van der Waals surface area contributed by atoms with Gasteiger partial charge in [-0.05, 0) is 36.1 Å². The maximum atomic E-state index is 6.16. The van der Waals surface area contributed by atoms with E-state index in [2.05, 4.69) is 31.2 Å². The van der Waals surface area contributed by atoms with Crippen LogP contribution < -0.4 is 5.73 Å². The quantitative estimate of drug-likeness (QED) is 0.881. The van der Waals surface area contributed by atoms with Crippen molar-refractivity contribution in [3.05, 3.63) is 56.7 Å². The van der Waals surface area contributed by atoms with Crippen molar-refractivity contribution in [3.8, 4) is 0 Å². The first kappa shape index (κ1) is 12.6. The van der Waals surface area contributed by atoms with Gasteiger partial charge in [-0.15, -0.1) is 11.3 Å². The molecule has 1 unspecified atom stereocenters. The molecule has 1 aromatic carbocycles. The molecule has 0 bridgehead atoms. The molecule has 17 heavy (non-hydrogen) atoms. The number of benzene rings is 1. The van der Waals surface area contributed by atoms with E-state index in [0.29, 0.717) is 0 Å². The number of nitrogens with two attached hydrogens (primary N) is 1. The van der Waals surface area contributed by atoms with Gasteiger partial charge in [0.2, 0.25) is 0 Å².